The first-order valence-corrected chi connectivity index (χ1v) is 7.60. The largest absolute Gasteiger partial charge is 0.381 e. The molecule has 1 aliphatic heterocycles. The molecule has 0 spiro atoms. The van der Waals surface area contributed by atoms with Gasteiger partial charge < -0.3 is 10.1 Å². The van der Waals surface area contributed by atoms with Gasteiger partial charge in [0.05, 0.1) is 0 Å². The van der Waals surface area contributed by atoms with Crippen LogP contribution in [0.4, 0.5) is 0 Å². The first-order valence-electron chi connectivity index (χ1n) is 7.60. The molecule has 0 saturated carbocycles. The molecule has 0 aliphatic carbocycles. The molecule has 1 atom stereocenters. The van der Waals surface area contributed by atoms with Crippen LogP contribution in [0.25, 0.3) is 0 Å². The van der Waals surface area contributed by atoms with E-state index in [-0.39, 0.29) is 0 Å². The van der Waals surface area contributed by atoms with Crippen molar-refractivity contribution in [3.63, 3.8) is 0 Å². The van der Waals surface area contributed by atoms with Gasteiger partial charge in [-0.25, -0.2) is 0 Å². The zero-order valence-corrected chi connectivity index (χ0v) is 12.5. The second-order valence-corrected chi connectivity index (χ2v) is 5.73. The molecule has 106 valence electrons. The second-order valence-electron chi connectivity index (χ2n) is 5.73. The van der Waals surface area contributed by atoms with Gasteiger partial charge in [0.25, 0.3) is 0 Å². The molecule has 2 nitrogen and oxygen atoms in total. The Hall–Kier alpha value is -0.860. The Morgan fingerprint density at radius 2 is 1.95 bits per heavy atom. The van der Waals surface area contributed by atoms with Gasteiger partial charge in [-0.3, -0.25) is 0 Å². The highest BCUT2D eigenvalue weighted by molar-refractivity contribution is 5.32. The van der Waals surface area contributed by atoms with E-state index in [1.807, 2.05) is 0 Å². The van der Waals surface area contributed by atoms with Crippen molar-refractivity contribution in [2.24, 2.45) is 5.92 Å². The molecule has 1 heterocycles. The van der Waals surface area contributed by atoms with Crippen LogP contribution >= 0.6 is 0 Å². The minimum atomic E-state index is 0.489. The van der Waals surface area contributed by atoms with Crippen LogP contribution in [0.5, 0.6) is 0 Å². The Morgan fingerprint density at radius 3 is 2.58 bits per heavy atom. The molecular formula is C17H27NO. The van der Waals surface area contributed by atoms with Crippen molar-refractivity contribution in [3.8, 4) is 0 Å². The van der Waals surface area contributed by atoms with E-state index in [0.717, 1.165) is 19.8 Å². The molecule has 1 aliphatic rings. The van der Waals surface area contributed by atoms with Crippen LogP contribution in [-0.2, 0) is 4.74 Å². The molecule has 0 radical (unpaired) electrons. The predicted octanol–water partition coefficient (Wildman–Crippen LogP) is 3.77. The maximum absolute atomic E-state index is 5.51. The Bertz CT molecular complexity index is 396. The molecule has 1 saturated heterocycles. The molecule has 19 heavy (non-hydrogen) atoms. The molecule has 0 amide bonds. The van der Waals surface area contributed by atoms with E-state index < -0.39 is 0 Å². The number of hydrogen-bond acceptors (Lipinski definition) is 2. The quantitative estimate of drug-likeness (QED) is 0.871. The lowest BCUT2D eigenvalue weighted by Crippen LogP contribution is -2.32. The van der Waals surface area contributed by atoms with E-state index >= 15 is 0 Å². The Kier molecular flexibility index (Phi) is 5.41. The highest BCUT2D eigenvalue weighted by atomic mass is 16.5. The molecule has 1 unspecified atom stereocenters. The van der Waals surface area contributed by atoms with Crippen LogP contribution in [0.3, 0.4) is 0 Å². The predicted molar refractivity (Wildman–Crippen MR) is 80.5 cm³/mol. The first-order chi connectivity index (χ1) is 9.22. The van der Waals surface area contributed by atoms with Crippen LogP contribution in [-0.4, -0.2) is 19.8 Å². The summed E-state index contributed by atoms with van der Waals surface area (Å²) < 4.78 is 5.51. The Morgan fingerprint density at radius 1 is 1.21 bits per heavy atom. The summed E-state index contributed by atoms with van der Waals surface area (Å²) in [5.74, 6) is 0.711. The maximum atomic E-state index is 5.51. The summed E-state index contributed by atoms with van der Waals surface area (Å²) in [4.78, 5) is 0. The van der Waals surface area contributed by atoms with Crippen molar-refractivity contribution in [2.75, 3.05) is 19.8 Å². The van der Waals surface area contributed by atoms with Crippen LogP contribution in [0, 0.1) is 19.8 Å². The second kappa shape index (κ2) is 7.06. The van der Waals surface area contributed by atoms with Crippen LogP contribution in [0.1, 0.15) is 48.9 Å². The van der Waals surface area contributed by atoms with Gasteiger partial charge in [0, 0.05) is 19.3 Å². The molecule has 1 N–H and O–H groups in total. The van der Waals surface area contributed by atoms with Crippen LogP contribution < -0.4 is 5.32 Å². The Labute approximate surface area is 117 Å². The van der Waals surface area contributed by atoms with Crippen molar-refractivity contribution in [1.29, 1.82) is 0 Å². The highest BCUT2D eigenvalue weighted by Gasteiger charge is 2.25. The summed E-state index contributed by atoms with van der Waals surface area (Å²) in [6.45, 7) is 9.55. The standard InChI is InChI=1S/C17H27NO/c1-4-9-18-17(15-7-10-19-11-8-15)16-6-5-13(2)14(3)12-16/h5-6,12,15,17-18H,4,7-11H2,1-3H3. The van der Waals surface area contributed by atoms with Crippen LogP contribution in [0.2, 0.25) is 0 Å². The zero-order valence-electron chi connectivity index (χ0n) is 12.5. The van der Waals surface area contributed by atoms with Crippen molar-refractivity contribution in [1.82, 2.24) is 5.32 Å². The lowest BCUT2D eigenvalue weighted by Gasteiger charge is -2.32. The summed E-state index contributed by atoms with van der Waals surface area (Å²) in [5.41, 5.74) is 4.22. The number of aryl methyl sites for hydroxylation is 2. The van der Waals surface area contributed by atoms with Gasteiger partial charge >= 0.3 is 0 Å². The van der Waals surface area contributed by atoms with E-state index in [1.54, 1.807) is 0 Å². The molecular weight excluding hydrogens is 234 g/mol. The van der Waals surface area contributed by atoms with E-state index in [9.17, 15) is 0 Å². The third-order valence-electron chi connectivity index (χ3n) is 4.24. The molecule has 1 fully saturated rings. The number of ether oxygens (including phenoxy) is 1. The topological polar surface area (TPSA) is 21.3 Å². The lowest BCUT2D eigenvalue weighted by molar-refractivity contribution is 0.0536. The van der Waals surface area contributed by atoms with E-state index in [4.69, 9.17) is 4.74 Å². The van der Waals surface area contributed by atoms with Crippen molar-refractivity contribution in [2.45, 2.75) is 46.1 Å². The smallest absolute Gasteiger partial charge is 0.0469 e. The van der Waals surface area contributed by atoms with Gasteiger partial charge in [0.1, 0.15) is 0 Å². The van der Waals surface area contributed by atoms with Crippen LogP contribution in [0.15, 0.2) is 18.2 Å². The maximum Gasteiger partial charge on any atom is 0.0469 e. The fourth-order valence-electron chi connectivity index (χ4n) is 2.86. The summed E-state index contributed by atoms with van der Waals surface area (Å²) >= 11 is 0. The van der Waals surface area contributed by atoms with Gasteiger partial charge in [-0.1, -0.05) is 25.1 Å². The normalized spacial score (nSPS) is 18.5. The zero-order chi connectivity index (χ0) is 13.7. The van der Waals surface area contributed by atoms with Gasteiger partial charge in [-0.05, 0) is 62.3 Å². The Balaban J connectivity index is 2.17. The highest BCUT2D eigenvalue weighted by Crippen LogP contribution is 2.31. The minimum absolute atomic E-state index is 0.489. The average Bonchev–Trinajstić information content (AvgIpc) is 2.44. The molecule has 2 heteroatoms. The summed E-state index contributed by atoms with van der Waals surface area (Å²) in [6.07, 6.45) is 3.53. The van der Waals surface area contributed by atoms with Gasteiger partial charge in [-0.2, -0.15) is 0 Å². The molecule has 2 rings (SSSR count). The number of benzene rings is 1. The third kappa shape index (κ3) is 3.80. The van der Waals surface area contributed by atoms with E-state index in [0.29, 0.717) is 12.0 Å². The van der Waals surface area contributed by atoms with E-state index in [1.165, 1.54) is 36.0 Å². The number of hydrogen-bond donors (Lipinski definition) is 1. The third-order valence-corrected chi connectivity index (χ3v) is 4.24. The molecule has 1 aromatic carbocycles. The average molecular weight is 261 g/mol. The summed E-state index contributed by atoms with van der Waals surface area (Å²) in [6, 6.07) is 7.40. The molecule has 0 aromatic heterocycles. The fourth-order valence-corrected chi connectivity index (χ4v) is 2.86. The molecule has 1 aromatic rings. The number of rotatable bonds is 5. The fraction of sp³-hybridized carbons (Fsp3) is 0.647. The summed E-state index contributed by atoms with van der Waals surface area (Å²) in [5, 5.41) is 3.75. The first kappa shape index (κ1) is 14.5. The minimum Gasteiger partial charge on any atom is -0.381 e. The monoisotopic (exact) mass is 261 g/mol. The molecule has 0 bridgehead atoms. The van der Waals surface area contributed by atoms with E-state index in [2.05, 4.69) is 44.3 Å². The van der Waals surface area contributed by atoms with Crippen molar-refractivity contribution < 1.29 is 4.74 Å². The van der Waals surface area contributed by atoms with Gasteiger partial charge in [0.15, 0.2) is 0 Å². The summed E-state index contributed by atoms with van der Waals surface area (Å²) in [7, 11) is 0. The van der Waals surface area contributed by atoms with Gasteiger partial charge in [-0.15, -0.1) is 0 Å². The number of nitrogens with one attached hydrogen (secondary N) is 1. The van der Waals surface area contributed by atoms with Gasteiger partial charge in [0.2, 0.25) is 0 Å². The lowest BCUT2D eigenvalue weighted by atomic mass is 9.86. The van der Waals surface area contributed by atoms with Crippen molar-refractivity contribution in [3.05, 3.63) is 34.9 Å². The SMILES string of the molecule is CCCNC(c1ccc(C)c(C)c1)C1CCOCC1. The van der Waals surface area contributed by atoms with Crippen molar-refractivity contribution >= 4 is 0 Å².